The number of amides is 2. The number of hydrogen-bond donors (Lipinski definition) is 6. The van der Waals surface area contributed by atoms with Crippen LogP contribution in [0.1, 0.15) is 46.0 Å². The number of aliphatic hydroxyl groups excluding tert-OH is 4. The second-order valence-electron chi connectivity index (χ2n) is 7.13. The molecule has 0 saturated heterocycles. The fraction of sp³-hybridized carbons (Fsp3) is 0.882. The van der Waals surface area contributed by atoms with E-state index in [1.165, 1.54) is 0 Å². The van der Waals surface area contributed by atoms with Gasteiger partial charge in [0.05, 0.1) is 6.61 Å². The maximum absolute atomic E-state index is 11.9. The van der Waals surface area contributed by atoms with Gasteiger partial charge in [-0.2, -0.15) is 0 Å². The molecule has 0 heterocycles. The monoisotopic (exact) mass is 480 g/mol. The zero-order chi connectivity index (χ0) is 23.3. The van der Waals surface area contributed by atoms with E-state index in [4.69, 9.17) is 0 Å². The van der Waals surface area contributed by atoms with Crippen LogP contribution in [0, 0.1) is 5.92 Å². The smallest absolute Gasteiger partial charge is 0.726 e. The Bertz CT molecular complexity index is 622. The molecule has 31 heavy (non-hydrogen) atoms. The molecule has 0 unspecified atom stereocenters. The van der Waals surface area contributed by atoms with Gasteiger partial charge in [0.15, 0.2) is 6.10 Å². The molecular weight excluding hydrogens is 447 g/mol. The van der Waals surface area contributed by atoms with Crippen LogP contribution in [0.3, 0.4) is 0 Å². The molecule has 2 amide bonds. The first-order valence-corrected chi connectivity index (χ1v) is 11.1. The molecule has 0 bridgehead atoms. The summed E-state index contributed by atoms with van der Waals surface area (Å²) < 4.78 is 34.7. The Balaban J connectivity index is 0. The summed E-state index contributed by atoms with van der Waals surface area (Å²) in [6.07, 6.45) is -4.80. The van der Waals surface area contributed by atoms with Crippen LogP contribution in [0.5, 0.6) is 0 Å². The normalized spacial score (nSPS) is 16.4. The van der Waals surface area contributed by atoms with Gasteiger partial charge < -0.3 is 35.6 Å². The summed E-state index contributed by atoms with van der Waals surface area (Å²) >= 11 is 0. The summed E-state index contributed by atoms with van der Waals surface area (Å²) in [5.74, 6) is -1.02. The van der Waals surface area contributed by atoms with Crippen molar-refractivity contribution in [1.29, 1.82) is 0 Å². The Morgan fingerprint density at radius 2 is 1.68 bits per heavy atom. The van der Waals surface area contributed by atoms with Crippen LogP contribution in [-0.2, 0) is 24.2 Å². The molecule has 0 spiro atoms. The maximum Gasteiger partial charge on any atom is 1.00 e. The average molecular weight is 481 g/mol. The van der Waals surface area contributed by atoms with E-state index in [0.717, 1.165) is 12.8 Å². The van der Waals surface area contributed by atoms with Gasteiger partial charge in [-0.15, -0.1) is 0 Å². The molecule has 0 aromatic heterocycles. The quantitative estimate of drug-likeness (QED) is 0.0535. The molecule has 14 heteroatoms. The third kappa shape index (κ3) is 16.0. The van der Waals surface area contributed by atoms with E-state index in [9.17, 15) is 43.0 Å². The molecule has 5 atom stereocenters. The standard InChI is InChI=1S/C17H34N2O10S.Na/c1-3-4-7-13(21)18-8-5-6-11(2)9-19-17(25)16(24)15(23)14(22)12(20)10-29-30(26,27)28;/h11-12,14-16,20,22-24H,3-10H2,1-2H3,(H,18,21)(H,19,25)(H,26,27,28);/q;+1/p-1/t11-,12+,14+,15+,16+;/m0./s1. The van der Waals surface area contributed by atoms with Crippen molar-refractivity contribution in [2.45, 2.75) is 70.4 Å². The first-order chi connectivity index (χ1) is 13.9. The molecule has 0 aliphatic heterocycles. The third-order valence-electron chi connectivity index (χ3n) is 4.30. The van der Waals surface area contributed by atoms with Crippen molar-refractivity contribution in [1.82, 2.24) is 10.6 Å². The van der Waals surface area contributed by atoms with Crippen molar-refractivity contribution in [2.75, 3.05) is 19.7 Å². The molecule has 0 aromatic rings. The number of nitrogens with one attached hydrogen (secondary N) is 2. The van der Waals surface area contributed by atoms with Crippen LogP contribution in [0.4, 0.5) is 0 Å². The minimum atomic E-state index is -5.12. The van der Waals surface area contributed by atoms with Crippen molar-refractivity contribution in [3.8, 4) is 0 Å². The maximum atomic E-state index is 11.9. The summed E-state index contributed by atoms with van der Waals surface area (Å²) in [6.45, 7) is 3.35. The van der Waals surface area contributed by atoms with Gasteiger partial charge in [0.1, 0.15) is 18.3 Å². The van der Waals surface area contributed by atoms with Crippen molar-refractivity contribution in [3.63, 3.8) is 0 Å². The average Bonchev–Trinajstić information content (AvgIpc) is 2.69. The fourth-order valence-electron chi connectivity index (χ4n) is 2.41. The second-order valence-corrected chi connectivity index (χ2v) is 8.18. The largest absolute Gasteiger partial charge is 1.00 e. The van der Waals surface area contributed by atoms with E-state index in [1.807, 2.05) is 13.8 Å². The molecule has 0 aliphatic rings. The van der Waals surface area contributed by atoms with E-state index >= 15 is 0 Å². The van der Waals surface area contributed by atoms with Gasteiger partial charge in [-0.25, -0.2) is 8.42 Å². The van der Waals surface area contributed by atoms with Gasteiger partial charge in [-0.3, -0.25) is 13.8 Å². The summed E-state index contributed by atoms with van der Waals surface area (Å²) in [6, 6.07) is 0. The summed E-state index contributed by atoms with van der Waals surface area (Å²) in [5.41, 5.74) is 0. The second kappa shape index (κ2) is 17.2. The number of rotatable bonds is 16. The predicted octanol–water partition coefficient (Wildman–Crippen LogP) is -5.25. The van der Waals surface area contributed by atoms with Gasteiger partial charge in [0, 0.05) is 19.5 Å². The number of carbonyl (C=O) groups excluding carboxylic acids is 2. The van der Waals surface area contributed by atoms with E-state index in [-0.39, 0.29) is 47.9 Å². The summed E-state index contributed by atoms with van der Waals surface area (Å²) in [7, 11) is -5.12. The first-order valence-electron chi connectivity index (χ1n) is 9.75. The molecule has 6 N–H and O–H groups in total. The van der Waals surface area contributed by atoms with Gasteiger partial charge in [0.2, 0.25) is 16.3 Å². The van der Waals surface area contributed by atoms with Crippen LogP contribution >= 0.6 is 0 Å². The molecule has 178 valence electrons. The Kier molecular flexibility index (Phi) is 18.2. The van der Waals surface area contributed by atoms with E-state index in [1.54, 1.807) is 0 Å². The van der Waals surface area contributed by atoms with Crippen LogP contribution < -0.4 is 40.2 Å². The van der Waals surface area contributed by atoms with E-state index < -0.39 is 47.3 Å². The molecule has 0 saturated carbocycles. The number of unbranched alkanes of at least 4 members (excludes halogenated alkanes) is 1. The topological polar surface area (TPSA) is 206 Å². The zero-order valence-electron chi connectivity index (χ0n) is 18.2. The van der Waals surface area contributed by atoms with E-state index in [2.05, 4.69) is 14.8 Å². The zero-order valence-corrected chi connectivity index (χ0v) is 21.0. The van der Waals surface area contributed by atoms with Gasteiger partial charge in [0.25, 0.3) is 5.91 Å². The van der Waals surface area contributed by atoms with Crippen LogP contribution in [0.2, 0.25) is 0 Å². The first kappa shape index (κ1) is 32.8. The Hall–Kier alpha value is -0.350. The van der Waals surface area contributed by atoms with Gasteiger partial charge >= 0.3 is 29.6 Å². The third-order valence-corrected chi connectivity index (χ3v) is 4.72. The molecule has 12 nitrogen and oxygen atoms in total. The Morgan fingerprint density at radius 3 is 2.23 bits per heavy atom. The van der Waals surface area contributed by atoms with Crippen LogP contribution in [0.15, 0.2) is 0 Å². The number of aliphatic hydroxyl groups is 4. The molecule has 0 fully saturated rings. The molecule has 0 rings (SSSR count). The Labute approximate surface area is 205 Å². The molecule has 0 aromatic carbocycles. The number of carbonyl (C=O) groups is 2. The summed E-state index contributed by atoms with van der Waals surface area (Å²) in [4.78, 5) is 23.4. The SMILES string of the molecule is CCCCC(=O)NCCC[C@H](C)CNC(=O)[C@H](O)[C@H](O)[C@H](O)[C@H](O)COS(=O)(=O)[O-].[Na+]. The van der Waals surface area contributed by atoms with Crippen molar-refractivity contribution < 1.29 is 76.7 Å². The van der Waals surface area contributed by atoms with Crippen molar-refractivity contribution >= 4 is 22.2 Å². The van der Waals surface area contributed by atoms with E-state index in [0.29, 0.717) is 25.8 Å². The van der Waals surface area contributed by atoms with Crippen LogP contribution in [0.25, 0.3) is 0 Å². The minimum absolute atomic E-state index is 0. The fourth-order valence-corrected chi connectivity index (χ4v) is 2.71. The predicted molar refractivity (Wildman–Crippen MR) is 104 cm³/mol. The van der Waals surface area contributed by atoms with Gasteiger partial charge in [-0.05, 0) is 25.2 Å². The Morgan fingerprint density at radius 1 is 1.06 bits per heavy atom. The van der Waals surface area contributed by atoms with Crippen LogP contribution in [-0.4, -0.2) is 89.3 Å². The van der Waals surface area contributed by atoms with Crippen molar-refractivity contribution in [2.24, 2.45) is 5.92 Å². The molecule has 0 aliphatic carbocycles. The summed E-state index contributed by atoms with van der Waals surface area (Å²) in [5, 5.41) is 43.9. The van der Waals surface area contributed by atoms with Gasteiger partial charge in [-0.1, -0.05) is 20.3 Å². The number of hydrogen-bond acceptors (Lipinski definition) is 10. The van der Waals surface area contributed by atoms with Crippen molar-refractivity contribution in [3.05, 3.63) is 0 Å². The molecular formula is C17H33N2NaO10S. The minimum Gasteiger partial charge on any atom is -0.726 e. The molecule has 0 radical (unpaired) electrons.